The van der Waals surface area contributed by atoms with Gasteiger partial charge in [0.15, 0.2) is 0 Å². The molecule has 0 spiro atoms. The van der Waals surface area contributed by atoms with Gasteiger partial charge < -0.3 is 14.5 Å². The van der Waals surface area contributed by atoms with Gasteiger partial charge in [-0.3, -0.25) is 4.79 Å². The first-order valence-corrected chi connectivity index (χ1v) is 6.52. The second-order valence-corrected chi connectivity index (χ2v) is 4.99. The van der Waals surface area contributed by atoms with E-state index in [4.69, 9.17) is 20.8 Å². The lowest BCUT2D eigenvalue weighted by Gasteiger charge is -2.12. The maximum atomic E-state index is 12.3. The molecule has 0 atom stereocenters. The van der Waals surface area contributed by atoms with E-state index in [1.165, 1.54) is 7.11 Å². The van der Waals surface area contributed by atoms with E-state index >= 15 is 0 Å². The standard InChI is InChI=1S/C15H16ClNO3/c1-8-5-13(14(19-4)7-12(8)16)17-15(18)11-6-9(2)20-10(11)3/h5-7H,1-4H3,(H,17,18). The number of hydrogen-bond acceptors (Lipinski definition) is 3. The lowest BCUT2D eigenvalue weighted by Crippen LogP contribution is -2.13. The molecule has 0 bridgehead atoms. The fourth-order valence-corrected chi connectivity index (χ4v) is 2.13. The van der Waals surface area contributed by atoms with Crippen molar-refractivity contribution in [3.63, 3.8) is 0 Å². The number of carbonyl (C=O) groups is 1. The summed E-state index contributed by atoms with van der Waals surface area (Å²) >= 11 is 6.04. The van der Waals surface area contributed by atoms with Crippen LogP contribution in [0.5, 0.6) is 5.75 Å². The molecule has 20 heavy (non-hydrogen) atoms. The van der Waals surface area contributed by atoms with Crippen molar-refractivity contribution in [3.8, 4) is 5.75 Å². The average molecular weight is 294 g/mol. The quantitative estimate of drug-likeness (QED) is 0.926. The van der Waals surface area contributed by atoms with E-state index in [9.17, 15) is 4.79 Å². The van der Waals surface area contributed by atoms with E-state index in [1.807, 2.05) is 6.92 Å². The average Bonchev–Trinajstić information content (AvgIpc) is 2.72. The number of benzene rings is 1. The number of carbonyl (C=O) groups excluding carboxylic acids is 1. The Balaban J connectivity index is 2.32. The molecule has 2 aromatic rings. The number of halogens is 1. The van der Waals surface area contributed by atoms with E-state index in [-0.39, 0.29) is 5.91 Å². The van der Waals surface area contributed by atoms with Crippen molar-refractivity contribution >= 4 is 23.2 Å². The highest BCUT2D eigenvalue weighted by atomic mass is 35.5. The zero-order valence-corrected chi connectivity index (χ0v) is 12.6. The van der Waals surface area contributed by atoms with Crippen molar-refractivity contribution in [2.45, 2.75) is 20.8 Å². The number of rotatable bonds is 3. The van der Waals surface area contributed by atoms with Gasteiger partial charge in [0, 0.05) is 11.1 Å². The highest BCUT2D eigenvalue weighted by molar-refractivity contribution is 6.31. The van der Waals surface area contributed by atoms with Crippen LogP contribution in [0.25, 0.3) is 0 Å². The van der Waals surface area contributed by atoms with E-state index in [0.29, 0.717) is 33.5 Å². The van der Waals surface area contributed by atoms with Gasteiger partial charge in [0.2, 0.25) is 0 Å². The molecule has 4 nitrogen and oxygen atoms in total. The van der Waals surface area contributed by atoms with E-state index in [2.05, 4.69) is 5.32 Å². The third-order valence-electron chi connectivity index (χ3n) is 3.01. The highest BCUT2D eigenvalue weighted by Gasteiger charge is 2.16. The highest BCUT2D eigenvalue weighted by Crippen LogP contribution is 2.31. The molecular formula is C15H16ClNO3. The molecule has 106 valence electrons. The Morgan fingerprint density at radius 2 is 1.95 bits per heavy atom. The largest absolute Gasteiger partial charge is 0.495 e. The number of anilines is 1. The molecular weight excluding hydrogens is 278 g/mol. The Bertz CT molecular complexity index is 661. The van der Waals surface area contributed by atoms with Gasteiger partial charge in [0.1, 0.15) is 17.3 Å². The summed E-state index contributed by atoms with van der Waals surface area (Å²) in [6.07, 6.45) is 0. The molecule has 0 radical (unpaired) electrons. The summed E-state index contributed by atoms with van der Waals surface area (Å²) in [5, 5.41) is 3.41. The lowest BCUT2D eigenvalue weighted by atomic mass is 10.2. The summed E-state index contributed by atoms with van der Waals surface area (Å²) in [5.74, 6) is 1.57. The van der Waals surface area contributed by atoms with Crippen molar-refractivity contribution in [1.82, 2.24) is 0 Å². The van der Waals surface area contributed by atoms with Gasteiger partial charge in [-0.25, -0.2) is 0 Å². The number of ether oxygens (including phenoxy) is 1. The van der Waals surface area contributed by atoms with Crippen molar-refractivity contribution < 1.29 is 13.9 Å². The van der Waals surface area contributed by atoms with Crippen LogP contribution < -0.4 is 10.1 Å². The Morgan fingerprint density at radius 3 is 2.50 bits per heavy atom. The first-order chi connectivity index (χ1) is 9.42. The maximum Gasteiger partial charge on any atom is 0.259 e. The van der Waals surface area contributed by atoms with Gasteiger partial charge in [-0.15, -0.1) is 0 Å². The number of amides is 1. The fourth-order valence-electron chi connectivity index (χ4n) is 1.98. The number of aryl methyl sites for hydroxylation is 3. The number of hydrogen-bond donors (Lipinski definition) is 1. The van der Waals surface area contributed by atoms with Gasteiger partial charge in [0.05, 0.1) is 18.4 Å². The Kier molecular flexibility index (Phi) is 4.04. The molecule has 0 aliphatic carbocycles. The van der Waals surface area contributed by atoms with Gasteiger partial charge in [0.25, 0.3) is 5.91 Å². The second kappa shape index (κ2) is 5.59. The number of nitrogens with one attached hydrogen (secondary N) is 1. The zero-order valence-electron chi connectivity index (χ0n) is 11.8. The van der Waals surface area contributed by atoms with Crippen LogP contribution in [0.15, 0.2) is 22.6 Å². The molecule has 0 saturated heterocycles. The Morgan fingerprint density at radius 1 is 1.25 bits per heavy atom. The maximum absolute atomic E-state index is 12.3. The smallest absolute Gasteiger partial charge is 0.259 e. The summed E-state index contributed by atoms with van der Waals surface area (Å²) in [4.78, 5) is 12.3. The third kappa shape index (κ3) is 2.80. The minimum atomic E-state index is -0.237. The van der Waals surface area contributed by atoms with Crippen LogP contribution in [0.1, 0.15) is 27.4 Å². The van der Waals surface area contributed by atoms with Crippen LogP contribution in [0.4, 0.5) is 5.69 Å². The molecule has 0 fully saturated rings. The molecule has 1 N–H and O–H groups in total. The summed E-state index contributed by atoms with van der Waals surface area (Å²) in [6, 6.07) is 5.17. The monoisotopic (exact) mass is 293 g/mol. The molecule has 0 aliphatic rings. The minimum Gasteiger partial charge on any atom is -0.495 e. The third-order valence-corrected chi connectivity index (χ3v) is 3.42. The molecule has 1 aromatic heterocycles. The van der Waals surface area contributed by atoms with Crippen LogP contribution in [0, 0.1) is 20.8 Å². The topological polar surface area (TPSA) is 51.5 Å². The van der Waals surface area contributed by atoms with E-state index in [0.717, 1.165) is 5.56 Å². The molecule has 1 amide bonds. The minimum absolute atomic E-state index is 0.237. The molecule has 0 saturated carbocycles. The Labute approximate surface area is 122 Å². The zero-order chi connectivity index (χ0) is 14.9. The molecule has 2 rings (SSSR count). The Hall–Kier alpha value is -1.94. The molecule has 1 heterocycles. The predicted molar refractivity (Wildman–Crippen MR) is 78.9 cm³/mol. The first-order valence-electron chi connectivity index (χ1n) is 6.15. The summed E-state index contributed by atoms with van der Waals surface area (Å²) in [5.41, 5.74) is 1.96. The van der Waals surface area contributed by atoms with Gasteiger partial charge in [-0.2, -0.15) is 0 Å². The normalized spacial score (nSPS) is 10.4. The molecule has 0 unspecified atom stereocenters. The molecule has 0 aliphatic heterocycles. The van der Waals surface area contributed by atoms with Crippen LogP contribution in [-0.4, -0.2) is 13.0 Å². The van der Waals surface area contributed by atoms with Crippen LogP contribution in [0.3, 0.4) is 0 Å². The second-order valence-electron chi connectivity index (χ2n) is 4.58. The van der Waals surface area contributed by atoms with Crippen LogP contribution in [0.2, 0.25) is 5.02 Å². The van der Waals surface area contributed by atoms with E-state index < -0.39 is 0 Å². The van der Waals surface area contributed by atoms with Crippen molar-refractivity contribution in [1.29, 1.82) is 0 Å². The van der Waals surface area contributed by atoms with Crippen molar-refractivity contribution in [2.75, 3.05) is 12.4 Å². The van der Waals surface area contributed by atoms with E-state index in [1.54, 1.807) is 32.0 Å². The van der Waals surface area contributed by atoms with Crippen molar-refractivity contribution in [2.24, 2.45) is 0 Å². The lowest BCUT2D eigenvalue weighted by molar-refractivity contribution is 0.102. The van der Waals surface area contributed by atoms with Crippen LogP contribution in [-0.2, 0) is 0 Å². The summed E-state index contributed by atoms with van der Waals surface area (Å²) < 4.78 is 10.6. The van der Waals surface area contributed by atoms with Crippen LogP contribution >= 0.6 is 11.6 Å². The molecule has 5 heteroatoms. The fraction of sp³-hybridized carbons (Fsp3) is 0.267. The number of methoxy groups -OCH3 is 1. The first kappa shape index (κ1) is 14.5. The molecule has 1 aromatic carbocycles. The number of furan rings is 1. The van der Waals surface area contributed by atoms with Crippen molar-refractivity contribution in [3.05, 3.63) is 45.9 Å². The summed E-state index contributed by atoms with van der Waals surface area (Å²) in [7, 11) is 1.53. The van der Waals surface area contributed by atoms with Gasteiger partial charge >= 0.3 is 0 Å². The van der Waals surface area contributed by atoms with Gasteiger partial charge in [-0.05, 0) is 38.5 Å². The summed E-state index contributed by atoms with van der Waals surface area (Å²) in [6.45, 7) is 5.42. The SMILES string of the molecule is COc1cc(Cl)c(C)cc1NC(=O)c1cc(C)oc1C. The van der Waals surface area contributed by atoms with Gasteiger partial charge in [-0.1, -0.05) is 11.6 Å². The predicted octanol–water partition coefficient (Wildman–Crippen LogP) is 4.12.